The van der Waals surface area contributed by atoms with Crippen LogP contribution >= 0.6 is 0 Å². The highest BCUT2D eigenvalue weighted by Crippen LogP contribution is 2.30. The van der Waals surface area contributed by atoms with Crippen molar-refractivity contribution in [3.05, 3.63) is 74.8 Å². The minimum absolute atomic E-state index is 0.0767. The lowest BCUT2D eigenvalue weighted by molar-refractivity contribution is 0.163. The minimum Gasteiger partial charge on any atom is -0.493 e. The van der Waals surface area contributed by atoms with Crippen LogP contribution in [0.1, 0.15) is 68.2 Å². The molecule has 0 aliphatic carbocycles. The Morgan fingerprint density at radius 1 is 1.03 bits per heavy atom. The van der Waals surface area contributed by atoms with Crippen LogP contribution in [0.4, 0.5) is 0 Å². The van der Waals surface area contributed by atoms with E-state index in [1.807, 2.05) is 35.0 Å². The number of nitrogens with one attached hydrogen (secondary N) is 1. The van der Waals surface area contributed by atoms with E-state index < -0.39 is 0 Å². The van der Waals surface area contributed by atoms with Gasteiger partial charge in [0, 0.05) is 24.2 Å². The summed E-state index contributed by atoms with van der Waals surface area (Å²) in [4.78, 5) is 18.7. The van der Waals surface area contributed by atoms with Gasteiger partial charge in [-0.2, -0.15) is 0 Å². The number of aromatic amines is 1. The van der Waals surface area contributed by atoms with Gasteiger partial charge in [-0.15, -0.1) is 5.10 Å². The Morgan fingerprint density at radius 2 is 1.74 bits per heavy atom. The van der Waals surface area contributed by atoms with Gasteiger partial charge in [0.25, 0.3) is 5.56 Å². The Balaban J connectivity index is 1.73. The lowest BCUT2D eigenvalue weighted by atomic mass is 10.0. The molecule has 0 saturated heterocycles. The van der Waals surface area contributed by atoms with Crippen LogP contribution in [-0.2, 0) is 18.5 Å². The predicted molar refractivity (Wildman–Crippen MR) is 154 cm³/mol. The molecule has 1 atom stereocenters. The second-order valence-electron chi connectivity index (χ2n) is 11.1. The number of tetrazole rings is 1. The van der Waals surface area contributed by atoms with Gasteiger partial charge in [-0.25, -0.2) is 4.68 Å². The van der Waals surface area contributed by atoms with Crippen LogP contribution in [0.25, 0.3) is 10.9 Å². The molecule has 0 amide bonds. The summed E-state index contributed by atoms with van der Waals surface area (Å²) in [5.74, 6) is 2.19. The number of fused-ring (bicyclic) bond motifs is 1. The molecule has 4 rings (SSSR count). The molecule has 9 nitrogen and oxygen atoms in total. The largest absolute Gasteiger partial charge is 0.493 e. The van der Waals surface area contributed by atoms with Gasteiger partial charge in [0.2, 0.25) is 0 Å². The van der Waals surface area contributed by atoms with E-state index in [0.29, 0.717) is 30.2 Å². The van der Waals surface area contributed by atoms with Crippen LogP contribution in [0, 0.1) is 13.8 Å². The molecule has 9 heteroatoms. The normalized spacial score (nSPS) is 12.7. The quantitative estimate of drug-likeness (QED) is 0.303. The zero-order valence-corrected chi connectivity index (χ0v) is 24.3. The van der Waals surface area contributed by atoms with E-state index in [2.05, 4.69) is 73.0 Å². The average Bonchev–Trinajstić information content (AvgIpc) is 3.39. The molecule has 0 spiro atoms. The van der Waals surface area contributed by atoms with Crippen molar-refractivity contribution in [2.45, 2.75) is 72.5 Å². The summed E-state index contributed by atoms with van der Waals surface area (Å²) >= 11 is 0. The van der Waals surface area contributed by atoms with Crippen molar-refractivity contribution in [2.24, 2.45) is 0 Å². The first-order valence-corrected chi connectivity index (χ1v) is 13.4. The number of benzene rings is 2. The highest BCUT2D eigenvalue weighted by Gasteiger charge is 2.29. The van der Waals surface area contributed by atoms with Crippen LogP contribution in [0.2, 0.25) is 0 Å². The zero-order chi connectivity index (χ0) is 28.3. The Morgan fingerprint density at radius 3 is 2.41 bits per heavy atom. The molecule has 208 valence electrons. The van der Waals surface area contributed by atoms with E-state index in [-0.39, 0.29) is 17.1 Å². The third-order valence-corrected chi connectivity index (χ3v) is 7.30. The van der Waals surface area contributed by atoms with Crippen LogP contribution in [0.3, 0.4) is 0 Å². The first-order chi connectivity index (χ1) is 18.5. The lowest BCUT2D eigenvalue weighted by Crippen LogP contribution is -2.36. The Bertz CT molecular complexity index is 1500. The number of aryl methyl sites for hydroxylation is 2. The summed E-state index contributed by atoms with van der Waals surface area (Å²) in [6.07, 6.45) is 1.53. The molecule has 2 aromatic heterocycles. The van der Waals surface area contributed by atoms with Crippen LogP contribution in [0.5, 0.6) is 11.5 Å². The Labute approximate surface area is 230 Å². The van der Waals surface area contributed by atoms with E-state index >= 15 is 0 Å². The van der Waals surface area contributed by atoms with Gasteiger partial charge in [-0.05, 0) is 110 Å². The van der Waals surface area contributed by atoms with Gasteiger partial charge >= 0.3 is 0 Å². The van der Waals surface area contributed by atoms with Crippen molar-refractivity contribution in [2.75, 3.05) is 20.8 Å². The highest BCUT2D eigenvalue weighted by molar-refractivity contribution is 5.80. The van der Waals surface area contributed by atoms with Crippen molar-refractivity contribution in [3.8, 4) is 11.5 Å². The number of H-pyrrole nitrogens is 1. The number of rotatable bonds is 10. The molecular weight excluding hydrogens is 492 g/mol. The first kappa shape index (κ1) is 28.3. The second kappa shape index (κ2) is 11.6. The van der Waals surface area contributed by atoms with Crippen molar-refractivity contribution >= 4 is 10.9 Å². The molecule has 4 aromatic rings. The van der Waals surface area contributed by atoms with E-state index in [9.17, 15) is 4.79 Å². The third kappa shape index (κ3) is 6.14. The minimum atomic E-state index is -0.281. The fraction of sp³-hybridized carbons (Fsp3) is 0.467. The number of hydrogen-bond donors (Lipinski definition) is 1. The number of methoxy groups -OCH3 is 2. The average molecular weight is 533 g/mol. The SMILES string of the molecule is CC[C@H](c1nnnn1C(C)(C)C)N(CCc1ccc(OC)c(OC)c1)Cc1cc2cc(C)c(C)cc2[nH]c1=O. The third-order valence-electron chi connectivity index (χ3n) is 7.30. The predicted octanol–water partition coefficient (Wildman–Crippen LogP) is 5.10. The number of pyridine rings is 1. The van der Waals surface area contributed by atoms with Crippen molar-refractivity contribution in [3.63, 3.8) is 0 Å². The molecule has 2 aromatic carbocycles. The summed E-state index contributed by atoms with van der Waals surface area (Å²) in [5.41, 5.74) is 4.67. The van der Waals surface area contributed by atoms with E-state index in [1.54, 1.807) is 14.2 Å². The maximum absolute atomic E-state index is 13.3. The maximum Gasteiger partial charge on any atom is 0.252 e. The van der Waals surface area contributed by atoms with E-state index in [1.165, 1.54) is 5.56 Å². The Hall–Kier alpha value is -3.72. The monoisotopic (exact) mass is 532 g/mol. The smallest absolute Gasteiger partial charge is 0.252 e. The number of ether oxygens (including phenoxy) is 2. The second-order valence-corrected chi connectivity index (χ2v) is 11.1. The molecule has 1 N–H and O–H groups in total. The topological polar surface area (TPSA) is 98.2 Å². The van der Waals surface area contributed by atoms with Crippen molar-refractivity contribution in [1.29, 1.82) is 0 Å². The molecule has 0 saturated carbocycles. The maximum atomic E-state index is 13.3. The molecule has 0 radical (unpaired) electrons. The van der Waals surface area contributed by atoms with Gasteiger partial charge in [0.05, 0.1) is 25.8 Å². The summed E-state index contributed by atoms with van der Waals surface area (Å²) in [5, 5.41) is 13.8. The van der Waals surface area contributed by atoms with Crippen LogP contribution in [0.15, 0.2) is 41.2 Å². The molecule has 0 fully saturated rings. The molecule has 0 aliphatic heterocycles. The zero-order valence-electron chi connectivity index (χ0n) is 24.3. The van der Waals surface area contributed by atoms with Gasteiger partial charge in [-0.3, -0.25) is 9.69 Å². The van der Waals surface area contributed by atoms with Crippen LogP contribution in [-0.4, -0.2) is 50.9 Å². The van der Waals surface area contributed by atoms with Gasteiger partial charge < -0.3 is 14.5 Å². The summed E-state index contributed by atoms with van der Waals surface area (Å²) in [6.45, 7) is 13.7. The van der Waals surface area contributed by atoms with E-state index in [0.717, 1.165) is 40.7 Å². The fourth-order valence-electron chi connectivity index (χ4n) is 5.00. The fourth-order valence-corrected chi connectivity index (χ4v) is 5.00. The molecular formula is C30H40N6O3. The molecule has 0 aliphatic rings. The van der Waals surface area contributed by atoms with Crippen molar-refractivity contribution in [1.82, 2.24) is 30.1 Å². The number of aromatic nitrogens is 5. The van der Waals surface area contributed by atoms with E-state index in [4.69, 9.17) is 9.47 Å². The molecule has 39 heavy (non-hydrogen) atoms. The molecule has 0 unspecified atom stereocenters. The standard InChI is InChI=1S/C30H40N6O3/c1-9-25(28-32-33-34-36(28)30(4,5)6)35(13-12-21-10-11-26(38-7)27(16-21)39-8)18-23-17-22-14-19(2)20(3)15-24(22)31-29(23)37/h10-11,14-17,25H,9,12-13,18H2,1-8H3,(H,31,37)/t25-/m1/s1. The summed E-state index contributed by atoms with van der Waals surface area (Å²) < 4.78 is 12.8. The molecule has 2 heterocycles. The van der Waals surface area contributed by atoms with Crippen molar-refractivity contribution < 1.29 is 9.47 Å². The number of hydrogen-bond acceptors (Lipinski definition) is 7. The van der Waals surface area contributed by atoms with Gasteiger partial charge in [0.15, 0.2) is 17.3 Å². The van der Waals surface area contributed by atoms with Gasteiger partial charge in [0.1, 0.15) is 0 Å². The van der Waals surface area contributed by atoms with Crippen LogP contribution < -0.4 is 15.0 Å². The summed E-state index contributed by atoms with van der Waals surface area (Å²) in [6, 6.07) is 12.1. The highest BCUT2D eigenvalue weighted by atomic mass is 16.5. The summed E-state index contributed by atoms with van der Waals surface area (Å²) in [7, 11) is 3.27. The molecule has 0 bridgehead atoms. The lowest BCUT2D eigenvalue weighted by Gasteiger charge is -2.32. The number of nitrogens with zero attached hydrogens (tertiary/aromatic N) is 5. The first-order valence-electron chi connectivity index (χ1n) is 13.4. The van der Waals surface area contributed by atoms with Gasteiger partial charge in [-0.1, -0.05) is 13.0 Å². The Kier molecular flexibility index (Phi) is 8.39.